The number of nitrogens with two attached hydrogens (primary N) is 1. The Morgan fingerprint density at radius 2 is 2.00 bits per heavy atom. The van der Waals surface area contributed by atoms with E-state index in [1.54, 1.807) is 0 Å². The van der Waals surface area contributed by atoms with Gasteiger partial charge in [-0.25, -0.2) is 0 Å². The number of nitrogens with one attached hydrogen (secondary N) is 1. The van der Waals surface area contributed by atoms with Crippen LogP contribution in [0.3, 0.4) is 0 Å². The number of likely N-dealkylation sites (N-methyl/N-ethyl adjacent to an activating group) is 1. The lowest BCUT2D eigenvalue weighted by molar-refractivity contribution is -0.126. The third kappa shape index (κ3) is 3.47. The van der Waals surface area contributed by atoms with Crippen molar-refractivity contribution >= 4 is 5.91 Å². The largest absolute Gasteiger partial charge is 0.351 e. The van der Waals surface area contributed by atoms with E-state index in [0.29, 0.717) is 0 Å². The van der Waals surface area contributed by atoms with Gasteiger partial charge in [0.05, 0.1) is 5.54 Å². The molecule has 0 aliphatic heterocycles. The topological polar surface area (TPSA) is 58.4 Å². The molecule has 1 saturated carbocycles. The number of hydrogen-bond donors (Lipinski definition) is 2. The number of carbonyl (C=O) groups is 1. The molecule has 4 heteroatoms. The van der Waals surface area contributed by atoms with Crippen molar-refractivity contribution < 1.29 is 4.79 Å². The van der Waals surface area contributed by atoms with Crippen LogP contribution in [0.25, 0.3) is 0 Å². The molecule has 0 spiro atoms. The number of nitrogens with zero attached hydrogens (tertiary/aromatic N) is 1. The SMILES string of the molecule is CC(CN(C)C)NC(=O)C1(N)CCCC1. The second kappa shape index (κ2) is 4.94. The van der Waals surface area contributed by atoms with E-state index in [1.807, 2.05) is 21.0 Å². The highest BCUT2D eigenvalue weighted by molar-refractivity contribution is 5.86. The average Bonchev–Trinajstić information content (AvgIpc) is 2.51. The molecule has 1 atom stereocenters. The van der Waals surface area contributed by atoms with Gasteiger partial charge in [-0.1, -0.05) is 12.8 Å². The summed E-state index contributed by atoms with van der Waals surface area (Å²) >= 11 is 0. The van der Waals surface area contributed by atoms with E-state index in [9.17, 15) is 4.79 Å². The van der Waals surface area contributed by atoms with Crippen molar-refractivity contribution in [1.29, 1.82) is 0 Å². The van der Waals surface area contributed by atoms with Gasteiger partial charge in [0.25, 0.3) is 0 Å². The maximum Gasteiger partial charge on any atom is 0.240 e. The molecule has 0 aromatic carbocycles. The van der Waals surface area contributed by atoms with Crippen molar-refractivity contribution in [3.8, 4) is 0 Å². The van der Waals surface area contributed by atoms with Crippen LogP contribution in [0, 0.1) is 0 Å². The van der Waals surface area contributed by atoms with Gasteiger partial charge in [0.15, 0.2) is 0 Å². The van der Waals surface area contributed by atoms with Gasteiger partial charge in [0, 0.05) is 12.6 Å². The van der Waals surface area contributed by atoms with Crippen molar-refractivity contribution in [2.45, 2.75) is 44.2 Å². The summed E-state index contributed by atoms with van der Waals surface area (Å²) < 4.78 is 0. The minimum atomic E-state index is -0.597. The molecule has 1 fully saturated rings. The third-order valence-corrected chi connectivity index (χ3v) is 2.96. The van der Waals surface area contributed by atoms with Gasteiger partial charge in [-0.3, -0.25) is 4.79 Å². The first-order chi connectivity index (χ1) is 6.94. The molecule has 0 saturated heterocycles. The second-order valence-electron chi connectivity index (χ2n) is 5.00. The summed E-state index contributed by atoms with van der Waals surface area (Å²) in [5.74, 6) is 0.0225. The summed E-state index contributed by atoms with van der Waals surface area (Å²) in [6.45, 7) is 2.86. The molecular weight excluding hydrogens is 190 g/mol. The Kier molecular flexibility index (Phi) is 4.11. The van der Waals surface area contributed by atoms with Gasteiger partial charge in [-0.2, -0.15) is 0 Å². The van der Waals surface area contributed by atoms with Gasteiger partial charge < -0.3 is 16.0 Å². The Morgan fingerprint density at radius 1 is 1.47 bits per heavy atom. The standard InChI is InChI=1S/C11H23N3O/c1-9(8-14(2)3)13-10(15)11(12)6-4-5-7-11/h9H,4-8,12H2,1-3H3,(H,13,15). The summed E-state index contributed by atoms with van der Waals surface area (Å²) in [5.41, 5.74) is 5.46. The molecule has 0 heterocycles. The predicted molar refractivity (Wildman–Crippen MR) is 61.5 cm³/mol. The van der Waals surface area contributed by atoms with Gasteiger partial charge in [-0.15, -0.1) is 0 Å². The van der Waals surface area contributed by atoms with Gasteiger partial charge in [-0.05, 0) is 33.9 Å². The first kappa shape index (κ1) is 12.5. The fourth-order valence-corrected chi connectivity index (χ4v) is 2.19. The van der Waals surface area contributed by atoms with E-state index in [4.69, 9.17) is 5.73 Å². The fraction of sp³-hybridized carbons (Fsp3) is 0.909. The molecule has 1 aliphatic rings. The second-order valence-corrected chi connectivity index (χ2v) is 5.00. The number of amides is 1. The minimum Gasteiger partial charge on any atom is -0.351 e. The molecule has 1 aliphatic carbocycles. The Labute approximate surface area is 92.2 Å². The highest BCUT2D eigenvalue weighted by Gasteiger charge is 2.37. The molecule has 0 bridgehead atoms. The van der Waals surface area contributed by atoms with Crippen molar-refractivity contribution in [2.24, 2.45) is 5.73 Å². The Bertz CT molecular complexity index is 222. The van der Waals surface area contributed by atoms with Crippen LogP contribution in [0.15, 0.2) is 0 Å². The first-order valence-corrected chi connectivity index (χ1v) is 5.68. The van der Waals surface area contributed by atoms with Crippen LogP contribution >= 0.6 is 0 Å². The molecule has 15 heavy (non-hydrogen) atoms. The Balaban J connectivity index is 2.40. The molecule has 1 amide bonds. The van der Waals surface area contributed by atoms with Crippen LogP contribution < -0.4 is 11.1 Å². The van der Waals surface area contributed by atoms with Crippen LogP contribution in [-0.4, -0.2) is 43.0 Å². The molecule has 3 N–H and O–H groups in total. The lowest BCUT2D eigenvalue weighted by Gasteiger charge is -2.26. The van der Waals surface area contributed by atoms with E-state index in [-0.39, 0.29) is 11.9 Å². The lowest BCUT2D eigenvalue weighted by Crippen LogP contribution is -2.55. The zero-order valence-corrected chi connectivity index (χ0v) is 10.0. The Hall–Kier alpha value is -0.610. The highest BCUT2D eigenvalue weighted by atomic mass is 16.2. The van der Waals surface area contributed by atoms with Gasteiger partial charge in [0.1, 0.15) is 0 Å². The maximum atomic E-state index is 11.9. The summed E-state index contributed by atoms with van der Waals surface area (Å²) in [4.78, 5) is 14.0. The summed E-state index contributed by atoms with van der Waals surface area (Å²) in [7, 11) is 3.99. The van der Waals surface area contributed by atoms with Crippen LogP contribution in [0.1, 0.15) is 32.6 Å². The quantitative estimate of drug-likeness (QED) is 0.707. The molecule has 0 aromatic rings. The van der Waals surface area contributed by atoms with Crippen LogP contribution in [-0.2, 0) is 4.79 Å². The predicted octanol–water partition coefficient (Wildman–Crippen LogP) is 0.324. The number of hydrogen-bond acceptors (Lipinski definition) is 3. The lowest BCUT2D eigenvalue weighted by atomic mass is 9.98. The highest BCUT2D eigenvalue weighted by Crippen LogP contribution is 2.27. The zero-order valence-electron chi connectivity index (χ0n) is 10.0. The molecule has 4 nitrogen and oxygen atoms in total. The molecule has 0 aromatic heterocycles. The smallest absolute Gasteiger partial charge is 0.240 e. The maximum absolute atomic E-state index is 11.9. The minimum absolute atomic E-state index is 0.0225. The molecule has 1 rings (SSSR count). The molecule has 88 valence electrons. The van der Waals surface area contributed by atoms with Gasteiger partial charge in [0.2, 0.25) is 5.91 Å². The van der Waals surface area contributed by atoms with Gasteiger partial charge >= 0.3 is 0 Å². The van der Waals surface area contributed by atoms with Crippen molar-refractivity contribution in [3.05, 3.63) is 0 Å². The molecule has 1 unspecified atom stereocenters. The van der Waals surface area contributed by atoms with E-state index in [0.717, 1.165) is 32.2 Å². The summed E-state index contributed by atoms with van der Waals surface area (Å²) in [6.07, 6.45) is 3.80. The van der Waals surface area contributed by atoms with Crippen LogP contribution in [0.4, 0.5) is 0 Å². The van der Waals surface area contributed by atoms with Crippen LogP contribution in [0.5, 0.6) is 0 Å². The van der Waals surface area contributed by atoms with Crippen molar-refractivity contribution in [2.75, 3.05) is 20.6 Å². The average molecular weight is 213 g/mol. The molecular formula is C11H23N3O. The number of rotatable bonds is 4. The van der Waals surface area contributed by atoms with Crippen molar-refractivity contribution in [1.82, 2.24) is 10.2 Å². The van der Waals surface area contributed by atoms with Crippen LogP contribution in [0.2, 0.25) is 0 Å². The molecule has 0 radical (unpaired) electrons. The third-order valence-electron chi connectivity index (χ3n) is 2.96. The zero-order chi connectivity index (χ0) is 11.5. The normalized spacial score (nSPS) is 21.7. The number of carbonyl (C=O) groups excluding carboxylic acids is 1. The summed E-state index contributed by atoms with van der Waals surface area (Å²) in [6, 6.07) is 0.161. The summed E-state index contributed by atoms with van der Waals surface area (Å²) in [5, 5.41) is 2.99. The van der Waals surface area contributed by atoms with E-state index < -0.39 is 5.54 Å². The monoisotopic (exact) mass is 213 g/mol. The first-order valence-electron chi connectivity index (χ1n) is 5.68. The van der Waals surface area contributed by atoms with E-state index in [2.05, 4.69) is 10.2 Å². The Morgan fingerprint density at radius 3 is 2.47 bits per heavy atom. The van der Waals surface area contributed by atoms with E-state index >= 15 is 0 Å². The van der Waals surface area contributed by atoms with E-state index in [1.165, 1.54) is 0 Å². The fourth-order valence-electron chi connectivity index (χ4n) is 2.19. The van der Waals surface area contributed by atoms with Crippen molar-refractivity contribution in [3.63, 3.8) is 0 Å².